The first-order chi connectivity index (χ1) is 7.84. The summed E-state index contributed by atoms with van der Waals surface area (Å²) in [6.07, 6.45) is 2.29. The quantitative estimate of drug-likeness (QED) is 0.824. The molecule has 3 nitrogen and oxygen atoms in total. The van der Waals surface area contributed by atoms with Crippen molar-refractivity contribution in [2.24, 2.45) is 0 Å². The molecule has 0 unspecified atom stereocenters. The highest BCUT2D eigenvalue weighted by Gasteiger charge is 2.19. The highest BCUT2D eigenvalue weighted by molar-refractivity contribution is 7.16. The van der Waals surface area contributed by atoms with E-state index < -0.39 is 0 Å². The summed E-state index contributed by atoms with van der Waals surface area (Å²) in [7, 11) is 0. The van der Waals surface area contributed by atoms with Gasteiger partial charge < -0.3 is 9.73 Å². The molecule has 1 aromatic heterocycles. The summed E-state index contributed by atoms with van der Waals surface area (Å²) in [6.45, 7) is 2.13. The van der Waals surface area contributed by atoms with E-state index in [1.54, 1.807) is 0 Å². The molecule has 1 aliphatic heterocycles. The van der Waals surface area contributed by atoms with Crippen LogP contribution in [0.2, 0.25) is 0 Å². The third-order valence-electron chi connectivity index (χ3n) is 3.17. The van der Waals surface area contributed by atoms with Gasteiger partial charge in [-0.3, -0.25) is 0 Å². The maximum Gasteiger partial charge on any atom is 0.396 e. The Balaban J connectivity index is 2.11. The molecule has 16 heavy (non-hydrogen) atoms. The first-order valence-corrected chi connectivity index (χ1v) is 6.39. The summed E-state index contributed by atoms with van der Waals surface area (Å²) in [6, 6.07) is 5.98. The van der Waals surface area contributed by atoms with Crippen molar-refractivity contribution in [2.75, 3.05) is 13.1 Å². The first-order valence-electron chi connectivity index (χ1n) is 5.58. The van der Waals surface area contributed by atoms with Crippen LogP contribution < -0.4 is 10.3 Å². The van der Waals surface area contributed by atoms with E-state index in [9.17, 15) is 4.79 Å². The molecule has 0 saturated carbocycles. The van der Waals surface area contributed by atoms with Crippen LogP contribution >= 0.6 is 11.3 Å². The summed E-state index contributed by atoms with van der Waals surface area (Å²) in [5.41, 5.74) is 2.03. The highest BCUT2D eigenvalue weighted by Crippen LogP contribution is 2.32. The molecule has 4 heteroatoms. The van der Waals surface area contributed by atoms with Crippen molar-refractivity contribution < 1.29 is 4.42 Å². The van der Waals surface area contributed by atoms with Gasteiger partial charge in [0.25, 0.3) is 0 Å². The molecule has 0 spiro atoms. The summed E-state index contributed by atoms with van der Waals surface area (Å²) in [5.74, 6) is 0.568. The van der Waals surface area contributed by atoms with Gasteiger partial charge in [-0.05, 0) is 43.5 Å². The summed E-state index contributed by atoms with van der Waals surface area (Å²) in [4.78, 5) is 11.1. The van der Waals surface area contributed by atoms with Crippen molar-refractivity contribution in [3.05, 3.63) is 33.5 Å². The van der Waals surface area contributed by atoms with Crippen molar-refractivity contribution in [3.8, 4) is 0 Å². The molecule has 1 aliphatic rings. The predicted octanol–water partition coefficient (Wildman–Crippen LogP) is 2.32. The normalized spacial score (nSPS) is 18.0. The number of piperidine rings is 1. The molecule has 1 aromatic carbocycles. The second-order valence-corrected chi connectivity index (χ2v) is 5.10. The van der Waals surface area contributed by atoms with E-state index in [4.69, 9.17) is 4.42 Å². The lowest BCUT2D eigenvalue weighted by atomic mass is 9.90. The zero-order chi connectivity index (χ0) is 11.0. The van der Waals surface area contributed by atoms with Crippen LogP contribution in [0.3, 0.4) is 0 Å². The molecule has 0 radical (unpaired) electrons. The molecule has 0 aliphatic carbocycles. The number of hydrogen-bond donors (Lipinski definition) is 1. The van der Waals surface area contributed by atoms with Gasteiger partial charge in [0.1, 0.15) is 5.58 Å². The predicted molar refractivity (Wildman–Crippen MR) is 65.2 cm³/mol. The van der Waals surface area contributed by atoms with Crippen LogP contribution in [0.15, 0.2) is 27.4 Å². The second kappa shape index (κ2) is 4.03. The smallest absolute Gasteiger partial charge is 0.396 e. The van der Waals surface area contributed by atoms with Gasteiger partial charge in [0.15, 0.2) is 0 Å². The molecule has 0 amide bonds. The van der Waals surface area contributed by atoms with Gasteiger partial charge in [-0.15, -0.1) is 0 Å². The molecule has 0 bridgehead atoms. The van der Waals surface area contributed by atoms with Crippen LogP contribution in [0.4, 0.5) is 0 Å². The molecule has 84 valence electrons. The van der Waals surface area contributed by atoms with Crippen molar-refractivity contribution in [2.45, 2.75) is 18.8 Å². The molecule has 1 saturated heterocycles. The Hall–Kier alpha value is -1.13. The van der Waals surface area contributed by atoms with E-state index in [1.165, 1.54) is 16.9 Å². The van der Waals surface area contributed by atoms with Gasteiger partial charge in [-0.1, -0.05) is 23.5 Å². The van der Waals surface area contributed by atoms with Crippen molar-refractivity contribution in [3.63, 3.8) is 0 Å². The average Bonchev–Trinajstić information content (AvgIpc) is 2.70. The summed E-state index contributed by atoms with van der Waals surface area (Å²) >= 11 is 1.23. The molecule has 2 heterocycles. The molecule has 0 atom stereocenters. The summed E-state index contributed by atoms with van der Waals surface area (Å²) in [5, 5.41) is 3.36. The van der Waals surface area contributed by atoms with Gasteiger partial charge in [0.05, 0.1) is 4.70 Å². The minimum Gasteiger partial charge on any atom is -0.414 e. The van der Waals surface area contributed by atoms with Crippen LogP contribution in [0.25, 0.3) is 10.3 Å². The minimum absolute atomic E-state index is 0.198. The molecular weight excluding hydrogens is 222 g/mol. The number of fused-ring (bicyclic) bond motifs is 1. The lowest BCUT2D eigenvalue weighted by molar-refractivity contribution is 0.462. The lowest BCUT2D eigenvalue weighted by Crippen LogP contribution is -2.26. The Kier molecular flexibility index (Phi) is 2.53. The van der Waals surface area contributed by atoms with E-state index >= 15 is 0 Å². The van der Waals surface area contributed by atoms with Crippen LogP contribution in [0.1, 0.15) is 24.3 Å². The fourth-order valence-electron chi connectivity index (χ4n) is 2.37. The molecule has 1 N–H and O–H groups in total. The van der Waals surface area contributed by atoms with Crippen LogP contribution in [-0.4, -0.2) is 13.1 Å². The van der Waals surface area contributed by atoms with E-state index in [0.29, 0.717) is 5.92 Å². The monoisotopic (exact) mass is 235 g/mol. The van der Waals surface area contributed by atoms with E-state index in [1.807, 2.05) is 12.1 Å². The van der Waals surface area contributed by atoms with E-state index in [-0.39, 0.29) is 4.94 Å². The number of rotatable bonds is 1. The van der Waals surface area contributed by atoms with Gasteiger partial charge in [0.2, 0.25) is 0 Å². The van der Waals surface area contributed by atoms with E-state index in [0.717, 1.165) is 36.2 Å². The van der Waals surface area contributed by atoms with Crippen LogP contribution in [0.5, 0.6) is 0 Å². The highest BCUT2D eigenvalue weighted by atomic mass is 32.1. The van der Waals surface area contributed by atoms with Crippen LogP contribution in [0, 0.1) is 0 Å². The molecule has 1 fully saturated rings. The maximum absolute atomic E-state index is 11.3. The topological polar surface area (TPSA) is 42.2 Å². The van der Waals surface area contributed by atoms with Gasteiger partial charge in [0, 0.05) is 0 Å². The van der Waals surface area contributed by atoms with Gasteiger partial charge in [-0.25, -0.2) is 4.79 Å². The minimum atomic E-state index is -0.198. The maximum atomic E-state index is 11.3. The molecule has 3 rings (SSSR count). The number of benzene rings is 1. The Morgan fingerprint density at radius 3 is 2.94 bits per heavy atom. The summed E-state index contributed by atoms with van der Waals surface area (Å²) < 4.78 is 6.19. The fourth-order valence-corrected chi connectivity index (χ4v) is 3.23. The Labute approximate surface area is 97.1 Å². The third kappa shape index (κ3) is 1.68. The van der Waals surface area contributed by atoms with Crippen molar-refractivity contribution in [1.29, 1.82) is 0 Å². The number of hydrogen-bond acceptors (Lipinski definition) is 4. The first kappa shape index (κ1) is 10.1. The van der Waals surface area contributed by atoms with Gasteiger partial charge >= 0.3 is 4.94 Å². The average molecular weight is 235 g/mol. The SMILES string of the molecule is O=c1oc2cccc(C3CCNCC3)c2s1. The van der Waals surface area contributed by atoms with E-state index in [2.05, 4.69) is 11.4 Å². The Morgan fingerprint density at radius 1 is 1.31 bits per heavy atom. The van der Waals surface area contributed by atoms with Crippen LogP contribution in [-0.2, 0) is 0 Å². The largest absolute Gasteiger partial charge is 0.414 e. The zero-order valence-corrected chi connectivity index (χ0v) is 9.68. The molecule has 2 aromatic rings. The lowest BCUT2D eigenvalue weighted by Gasteiger charge is -2.23. The van der Waals surface area contributed by atoms with Crippen molar-refractivity contribution >= 4 is 21.6 Å². The second-order valence-electron chi connectivity index (χ2n) is 4.15. The van der Waals surface area contributed by atoms with Gasteiger partial charge in [-0.2, -0.15) is 0 Å². The fraction of sp³-hybridized carbons (Fsp3) is 0.417. The Bertz CT molecular complexity index is 551. The molecular formula is C12H13NO2S. The Morgan fingerprint density at radius 2 is 2.12 bits per heavy atom. The zero-order valence-electron chi connectivity index (χ0n) is 8.86. The standard InChI is InChI=1S/C12H13NO2S/c14-12-15-10-3-1-2-9(11(10)16-12)8-4-6-13-7-5-8/h1-3,8,13H,4-7H2. The number of nitrogens with one attached hydrogen (secondary N) is 1. The third-order valence-corrected chi connectivity index (χ3v) is 4.06. The van der Waals surface area contributed by atoms with Crippen molar-refractivity contribution in [1.82, 2.24) is 5.32 Å².